The topological polar surface area (TPSA) is 63.6 Å². The van der Waals surface area contributed by atoms with E-state index in [9.17, 15) is 9.59 Å². The van der Waals surface area contributed by atoms with E-state index in [4.69, 9.17) is 5.11 Å². The van der Waals surface area contributed by atoms with Gasteiger partial charge in [0.1, 0.15) is 13.0 Å². The number of esters is 1. The fourth-order valence-corrected chi connectivity index (χ4v) is 0.425. The number of hydrogen-bond acceptors (Lipinski definition) is 4. The van der Waals surface area contributed by atoms with Crippen LogP contribution in [0.25, 0.3) is 0 Å². The number of rotatable bonds is 4. The van der Waals surface area contributed by atoms with Gasteiger partial charge >= 0.3 is 11.9 Å². The lowest BCUT2D eigenvalue weighted by atomic mass is 10.4. The van der Waals surface area contributed by atoms with Crippen molar-refractivity contribution in [3.8, 4) is 0 Å². The first-order valence-electron chi connectivity index (χ1n) is 2.65. The maximum atomic E-state index is 10.4. The first kappa shape index (κ1) is 9.29. The molecule has 58 valence electrons. The summed E-state index contributed by atoms with van der Waals surface area (Å²) in [6.07, 6.45) is -0.576. The zero-order valence-corrected chi connectivity index (χ0v) is 6.13. The third kappa shape index (κ3) is 5.43. The molecule has 0 aliphatic carbocycles. The van der Waals surface area contributed by atoms with E-state index in [1.54, 1.807) is 0 Å². The van der Waals surface area contributed by atoms with Crippen molar-refractivity contribution in [1.29, 1.82) is 0 Å². The summed E-state index contributed by atoms with van der Waals surface area (Å²) in [6, 6.07) is 0. The van der Waals surface area contributed by atoms with Gasteiger partial charge in [0.25, 0.3) is 0 Å². The van der Waals surface area contributed by atoms with Crippen LogP contribution in [0.1, 0.15) is 6.42 Å². The van der Waals surface area contributed by atoms with Crippen molar-refractivity contribution in [2.45, 2.75) is 6.42 Å². The Hall–Kier alpha value is -0.710. The second-order valence-electron chi connectivity index (χ2n) is 1.51. The summed E-state index contributed by atoms with van der Waals surface area (Å²) in [6.45, 7) is 0.162. The lowest BCUT2D eigenvalue weighted by Crippen LogP contribution is -2.11. The first-order chi connectivity index (χ1) is 4.66. The summed E-state index contributed by atoms with van der Waals surface area (Å²) in [5, 5.41) is 8.06. The van der Waals surface area contributed by atoms with Crippen LogP contribution in [0.15, 0.2) is 0 Å². The zero-order chi connectivity index (χ0) is 7.98. The summed E-state index contributed by atoms with van der Waals surface area (Å²) < 4.78 is 4.41. The van der Waals surface area contributed by atoms with Crippen molar-refractivity contribution in [2.75, 3.05) is 12.4 Å². The Morgan fingerprint density at radius 2 is 2.10 bits per heavy atom. The van der Waals surface area contributed by atoms with Crippen molar-refractivity contribution in [3.63, 3.8) is 0 Å². The second-order valence-corrected chi connectivity index (χ2v) is 1.96. The molecule has 0 aromatic heterocycles. The van der Waals surface area contributed by atoms with Crippen molar-refractivity contribution in [1.82, 2.24) is 0 Å². The fraction of sp³-hybridized carbons (Fsp3) is 0.600. The quantitative estimate of drug-likeness (QED) is 0.347. The Bertz CT molecular complexity index is 134. The van der Waals surface area contributed by atoms with Gasteiger partial charge in [-0.3, -0.25) is 9.59 Å². The SMILES string of the molecule is O=C(O)CC(=O)OCCS. The molecule has 0 fully saturated rings. The van der Waals surface area contributed by atoms with Crippen molar-refractivity contribution in [2.24, 2.45) is 0 Å². The minimum atomic E-state index is -1.18. The Morgan fingerprint density at radius 3 is 2.50 bits per heavy atom. The van der Waals surface area contributed by atoms with E-state index < -0.39 is 18.4 Å². The standard InChI is InChI=1S/C5H8O4S/c6-4(7)3-5(8)9-1-2-10/h10H,1-3H2,(H,6,7). The number of ether oxygens (including phenoxy) is 1. The normalized spacial score (nSPS) is 8.90. The number of carboxylic acid groups (broad SMARTS) is 1. The third-order valence-corrected chi connectivity index (χ3v) is 0.832. The molecular formula is C5H8O4S. The number of aliphatic carboxylic acids is 1. The largest absolute Gasteiger partial charge is 0.481 e. The molecule has 0 radical (unpaired) electrons. The highest BCUT2D eigenvalue weighted by Gasteiger charge is 2.06. The molecule has 0 atom stereocenters. The van der Waals surface area contributed by atoms with Gasteiger partial charge in [-0.1, -0.05) is 0 Å². The average Bonchev–Trinajstić information content (AvgIpc) is 1.82. The minimum Gasteiger partial charge on any atom is -0.481 e. The van der Waals surface area contributed by atoms with E-state index in [0.717, 1.165) is 0 Å². The second kappa shape index (κ2) is 5.10. The van der Waals surface area contributed by atoms with Crippen LogP contribution in [-0.4, -0.2) is 29.4 Å². The molecule has 0 aromatic carbocycles. The highest BCUT2D eigenvalue weighted by Crippen LogP contribution is 1.86. The summed E-state index contributed by atoms with van der Waals surface area (Å²) in [4.78, 5) is 20.2. The molecule has 0 unspecified atom stereocenters. The van der Waals surface area contributed by atoms with Crippen LogP contribution in [0.4, 0.5) is 0 Å². The van der Waals surface area contributed by atoms with Crippen molar-refractivity contribution >= 4 is 24.6 Å². The van der Waals surface area contributed by atoms with Crippen LogP contribution in [0.3, 0.4) is 0 Å². The van der Waals surface area contributed by atoms with Crippen LogP contribution in [-0.2, 0) is 14.3 Å². The number of thiol groups is 1. The molecule has 0 aliphatic rings. The van der Waals surface area contributed by atoms with Gasteiger partial charge in [-0.25, -0.2) is 0 Å². The molecule has 0 amide bonds. The van der Waals surface area contributed by atoms with E-state index in [0.29, 0.717) is 5.75 Å². The van der Waals surface area contributed by atoms with E-state index >= 15 is 0 Å². The zero-order valence-electron chi connectivity index (χ0n) is 5.24. The Balaban J connectivity index is 3.35. The van der Waals surface area contributed by atoms with Crippen molar-refractivity contribution < 1.29 is 19.4 Å². The molecule has 0 saturated carbocycles. The van der Waals surface area contributed by atoms with E-state index in [-0.39, 0.29) is 6.61 Å². The molecule has 0 aromatic rings. The van der Waals surface area contributed by atoms with Gasteiger partial charge in [-0.05, 0) is 0 Å². The van der Waals surface area contributed by atoms with Gasteiger partial charge in [0.2, 0.25) is 0 Å². The molecule has 0 rings (SSSR count). The Labute approximate surface area is 63.6 Å². The summed E-state index contributed by atoms with van der Waals surface area (Å²) in [7, 11) is 0. The molecule has 0 heterocycles. The van der Waals surface area contributed by atoms with Gasteiger partial charge in [0.15, 0.2) is 0 Å². The minimum absolute atomic E-state index is 0.162. The molecule has 0 bridgehead atoms. The van der Waals surface area contributed by atoms with E-state index in [1.165, 1.54) is 0 Å². The van der Waals surface area contributed by atoms with Crippen molar-refractivity contribution in [3.05, 3.63) is 0 Å². The summed E-state index contributed by atoms with van der Waals surface area (Å²) >= 11 is 3.76. The van der Waals surface area contributed by atoms with Crippen LogP contribution < -0.4 is 0 Å². The van der Waals surface area contributed by atoms with Gasteiger partial charge in [0, 0.05) is 5.75 Å². The molecule has 10 heavy (non-hydrogen) atoms. The monoisotopic (exact) mass is 164 g/mol. The highest BCUT2D eigenvalue weighted by molar-refractivity contribution is 7.80. The van der Waals surface area contributed by atoms with Crippen LogP contribution in [0.2, 0.25) is 0 Å². The van der Waals surface area contributed by atoms with Gasteiger partial charge in [-0.2, -0.15) is 12.6 Å². The Morgan fingerprint density at radius 1 is 1.50 bits per heavy atom. The molecule has 0 saturated heterocycles. The van der Waals surface area contributed by atoms with E-state index in [2.05, 4.69) is 17.4 Å². The lowest BCUT2D eigenvalue weighted by Gasteiger charge is -1.97. The number of carbonyl (C=O) groups excluding carboxylic acids is 1. The molecule has 0 spiro atoms. The first-order valence-corrected chi connectivity index (χ1v) is 3.28. The van der Waals surface area contributed by atoms with Crippen LogP contribution in [0, 0.1) is 0 Å². The highest BCUT2D eigenvalue weighted by atomic mass is 32.1. The average molecular weight is 164 g/mol. The maximum absolute atomic E-state index is 10.4. The van der Waals surface area contributed by atoms with E-state index in [1.807, 2.05) is 0 Å². The summed E-state index contributed by atoms with van der Waals surface area (Å²) in [5.41, 5.74) is 0. The Kier molecular flexibility index (Phi) is 4.74. The fourth-order valence-electron chi connectivity index (χ4n) is 0.334. The number of carboxylic acids is 1. The number of carbonyl (C=O) groups is 2. The predicted molar refractivity (Wildman–Crippen MR) is 37.1 cm³/mol. The maximum Gasteiger partial charge on any atom is 0.317 e. The molecule has 4 nitrogen and oxygen atoms in total. The van der Waals surface area contributed by atoms with Crippen LogP contribution >= 0.6 is 12.6 Å². The molecule has 0 aliphatic heterocycles. The molecule has 5 heteroatoms. The van der Waals surface area contributed by atoms with Crippen LogP contribution in [0.5, 0.6) is 0 Å². The van der Waals surface area contributed by atoms with Gasteiger partial charge in [0.05, 0.1) is 0 Å². The van der Waals surface area contributed by atoms with Gasteiger partial charge < -0.3 is 9.84 Å². The predicted octanol–water partition coefficient (Wildman–Crippen LogP) is -0.0659. The smallest absolute Gasteiger partial charge is 0.317 e. The van der Waals surface area contributed by atoms with Gasteiger partial charge in [-0.15, -0.1) is 0 Å². The third-order valence-electron chi connectivity index (χ3n) is 0.650. The molecular weight excluding hydrogens is 156 g/mol. The number of hydrogen-bond donors (Lipinski definition) is 2. The lowest BCUT2D eigenvalue weighted by molar-refractivity contribution is -0.150. The summed E-state index contributed by atoms with van der Waals surface area (Å²) in [5.74, 6) is -1.49. The molecule has 1 N–H and O–H groups in total.